The van der Waals surface area contributed by atoms with Crippen molar-refractivity contribution in [2.45, 2.75) is 38.2 Å². The quantitative estimate of drug-likeness (QED) is 0.770. The largest absolute Gasteiger partial charge is 0.469 e. The molecule has 18 heavy (non-hydrogen) atoms. The second kappa shape index (κ2) is 6.90. The van der Waals surface area contributed by atoms with Crippen LogP contribution < -0.4 is 0 Å². The van der Waals surface area contributed by atoms with Crippen LogP contribution in [0.3, 0.4) is 0 Å². The standard InChI is InChI=1S/C14H20O3S/c1-16-14(15)12-2-4-13(5-3-12)17-8-6-11-7-9-18-10-11/h7,9-10,12-13H,2-6,8H2,1H3. The van der Waals surface area contributed by atoms with E-state index in [0.717, 1.165) is 38.7 Å². The van der Waals surface area contributed by atoms with Gasteiger partial charge < -0.3 is 9.47 Å². The van der Waals surface area contributed by atoms with Gasteiger partial charge in [-0.3, -0.25) is 4.79 Å². The molecule has 1 aliphatic rings. The molecule has 1 aromatic rings. The van der Waals surface area contributed by atoms with Gasteiger partial charge in [0.25, 0.3) is 0 Å². The van der Waals surface area contributed by atoms with Crippen molar-refractivity contribution in [3.63, 3.8) is 0 Å². The number of carbonyl (C=O) groups is 1. The normalized spacial score (nSPS) is 23.8. The van der Waals surface area contributed by atoms with Gasteiger partial charge in [0.2, 0.25) is 0 Å². The third-order valence-corrected chi connectivity index (χ3v) is 4.27. The molecule has 0 unspecified atom stereocenters. The van der Waals surface area contributed by atoms with Gasteiger partial charge in [0.15, 0.2) is 0 Å². The highest BCUT2D eigenvalue weighted by atomic mass is 32.1. The van der Waals surface area contributed by atoms with E-state index in [1.54, 1.807) is 11.3 Å². The molecule has 0 aromatic carbocycles. The molecule has 0 spiro atoms. The van der Waals surface area contributed by atoms with Crippen molar-refractivity contribution in [2.24, 2.45) is 5.92 Å². The van der Waals surface area contributed by atoms with Gasteiger partial charge in [0.1, 0.15) is 0 Å². The van der Waals surface area contributed by atoms with Crippen LogP contribution in [0.15, 0.2) is 16.8 Å². The van der Waals surface area contributed by atoms with Crippen LogP contribution in [-0.2, 0) is 20.7 Å². The fraction of sp³-hybridized carbons (Fsp3) is 0.643. The molecule has 2 rings (SSSR count). The summed E-state index contributed by atoms with van der Waals surface area (Å²) in [6.45, 7) is 0.782. The van der Waals surface area contributed by atoms with Gasteiger partial charge in [-0.05, 0) is 54.5 Å². The predicted octanol–water partition coefficient (Wildman–Crippen LogP) is 3.04. The summed E-state index contributed by atoms with van der Waals surface area (Å²) < 4.78 is 10.6. The van der Waals surface area contributed by atoms with Crippen LogP contribution in [0.1, 0.15) is 31.2 Å². The first-order valence-corrected chi connectivity index (χ1v) is 7.44. The van der Waals surface area contributed by atoms with Crippen molar-refractivity contribution >= 4 is 17.3 Å². The lowest BCUT2D eigenvalue weighted by Gasteiger charge is -2.26. The molecule has 0 bridgehead atoms. The zero-order valence-electron chi connectivity index (χ0n) is 10.8. The molecule has 0 aliphatic heterocycles. The third-order valence-electron chi connectivity index (χ3n) is 3.53. The predicted molar refractivity (Wildman–Crippen MR) is 71.7 cm³/mol. The SMILES string of the molecule is COC(=O)C1CCC(OCCc2ccsc2)CC1. The molecular formula is C14H20O3S. The number of methoxy groups -OCH3 is 1. The lowest BCUT2D eigenvalue weighted by atomic mass is 9.87. The topological polar surface area (TPSA) is 35.5 Å². The summed E-state index contributed by atoms with van der Waals surface area (Å²) in [6, 6.07) is 2.14. The number of esters is 1. The summed E-state index contributed by atoms with van der Waals surface area (Å²) in [7, 11) is 1.46. The van der Waals surface area contributed by atoms with Crippen molar-refractivity contribution in [1.82, 2.24) is 0 Å². The van der Waals surface area contributed by atoms with E-state index >= 15 is 0 Å². The van der Waals surface area contributed by atoms with Gasteiger partial charge in [-0.1, -0.05) is 0 Å². The van der Waals surface area contributed by atoms with Gasteiger partial charge in [-0.15, -0.1) is 0 Å². The number of hydrogen-bond donors (Lipinski definition) is 0. The molecule has 0 N–H and O–H groups in total. The van der Waals surface area contributed by atoms with Crippen LogP contribution in [0.4, 0.5) is 0 Å². The Morgan fingerprint density at radius 2 is 2.17 bits per heavy atom. The molecule has 0 saturated heterocycles. The summed E-state index contributed by atoms with van der Waals surface area (Å²) in [5.74, 6) is 0.0263. The first-order chi connectivity index (χ1) is 8.79. The van der Waals surface area contributed by atoms with Crippen LogP contribution in [0.5, 0.6) is 0 Å². The van der Waals surface area contributed by atoms with E-state index in [1.807, 2.05) is 0 Å². The van der Waals surface area contributed by atoms with E-state index in [0.29, 0.717) is 6.10 Å². The smallest absolute Gasteiger partial charge is 0.308 e. The fourth-order valence-corrected chi connectivity index (χ4v) is 3.11. The second-order valence-electron chi connectivity index (χ2n) is 4.75. The lowest BCUT2D eigenvalue weighted by molar-refractivity contribution is -0.147. The average molecular weight is 268 g/mol. The first-order valence-electron chi connectivity index (χ1n) is 6.50. The molecule has 1 fully saturated rings. The minimum absolute atomic E-state index is 0.0632. The Bertz CT molecular complexity index is 353. The van der Waals surface area contributed by atoms with E-state index in [2.05, 4.69) is 16.8 Å². The molecule has 1 heterocycles. The third kappa shape index (κ3) is 3.82. The van der Waals surface area contributed by atoms with Crippen molar-refractivity contribution in [3.8, 4) is 0 Å². The number of rotatable bonds is 5. The summed E-state index contributed by atoms with van der Waals surface area (Å²) in [4.78, 5) is 11.4. The van der Waals surface area contributed by atoms with Crippen molar-refractivity contribution in [3.05, 3.63) is 22.4 Å². The summed E-state index contributed by atoms with van der Waals surface area (Å²) in [5, 5.41) is 4.26. The zero-order valence-corrected chi connectivity index (χ0v) is 11.6. The van der Waals surface area contributed by atoms with E-state index in [9.17, 15) is 4.79 Å². The monoisotopic (exact) mass is 268 g/mol. The highest BCUT2D eigenvalue weighted by Gasteiger charge is 2.27. The van der Waals surface area contributed by atoms with Crippen LogP contribution in [0.25, 0.3) is 0 Å². The first kappa shape index (κ1) is 13.6. The van der Waals surface area contributed by atoms with Crippen LogP contribution >= 0.6 is 11.3 Å². The summed E-state index contributed by atoms with van der Waals surface area (Å²) in [6.07, 6.45) is 5.06. The Morgan fingerprint density at radius 3 is 2.78 bits per heavy atom. The van der Waals surface area contributed by atoms with Crippen molar-refractivity contribution in [2.75, 3.05) is 13.7 Å². The number of thiophene rings is 1. The van der Waals surface area contributed by atoms with Crippen LogP contribution in [-0.4, -0.2) is 25.8 Å². The summed E-state index contributed by atoms with van der Waals surface area (Å²) >= 11 is 1.72. The fourth-order valence-electron chi connectivity index (χ4n) is 2.41. The number of carbonyl (C=O) groups excluding carboxylic acids is 1. The average Bonchev–Trinajstić information content (AvgIpc) is 2.92. The molecular weight excluding hydrogens is 248 g/mol. The molecule has 1 aromatic heterocycles. The van der Waals surface area contributed by atoms with E-state index in [4.69, 9.17) is 9.47 Å². The molecule has 100 valence electrons. The van der Waals surface area contributed by atoms with Crippen LogP contribution in [0, 0.1) is 5.92 Å². The van der Waals surface area contributed by atoms with E-state index in [1.165, 1.54) is 12.7 Å². The number of ether oxygens (including phenoxy) is 2. The molecule has 0 atom stereocenters. The van der Waals surface area contributed by atoms with Crippen molar-refractivity contribution in [1.29, 1.82) is 0 Å². The van der Waals surface area contributed by atoms with Gasteiger partial charge >= 0.3 is 5.97 Å². The van der Waals surface area contributed by atoms with Gasteiger partial charge in [0, 0.05) is 0 Å². The minimum Gasteiger partial charge on any atom is -0.469 e. The minimum atomic E-state index is -0.0632. The molecule has 1 saturated carbocycles. The van der Waals surface area contributed by atoms with E-state index in [-0.39, 0.29) is 11.9 Å². The van der Waals surface area contributed by atoms with E-state index < -0.39 is 0 Å². The molecule has 1 aliphatic carbocycles. The van der Waals surface area contributed by atoms with Crippen LogP contribution in [0.2, 0.25) is 0 Å². The molecule has 0 amide bonds. The Hall–Kier alpha value is -0.870. The Labute approximate surface area is 112 Å². The Morgan fingerprint density at radius 1 is 1.39 bits per heavy atom. The molecule has 4 heteroatoms. The molecule has 3 nitrogen and oxygen atoms in total. The van der Waals surface area contributed by atoms with Crippen molar-refractivity contribution < 1.29 is 14.3 Å². The highest BCUT2D eigenvalue weighted by Crippen LogP contribution is 2.27. The lowest BCUT2D eigenvalue weighted by Crippen LogP contribution is -2.27. The number of hydrogen-bond acceptors (Lipinski definition) is 4. The maximum Gasteiger partial charge on any atom is 0.308 e. The van der Waals surface area contributed by atoms with Gasteiger partial charge in [-0.25, -0.2) is 0 Å². The Balaban J connectivity index is 1.63. The highest BCUT2D eigenvalue weighted by molar-refractivity contribution is 7.07. The zero-order chi connectivity index (χ0) is 12.8. The molecule has 0 radical (unpaired) electrons. The maximum atomic E-state index is 11.4. The Kier molecular flexibility index (Phi) is 5.20. The second-order valence-corrected chi connectivity index (χ2v) is 5.53. The van der Waals surface area contributed by atoms with Gasteiger partial charge in [-0.2, -0.15) is 11.3 Å². The maximum absolute atomic E-state index is 11.4. The van der Waals surface area contributed by atoms with Gasteiger partial charge in [0.05, 0.1) is 25.7 Å². The summed E-state index contributed by atoms with van der Waals surface area (Å²) in [5.41, 5.74) is 1.35.